The van der Waals surface area contributed by atoms with Crippen molar-refractivity contribution in [3.63, 3.8) is 0 Å². The molecule has 0 fully saturated rings. The van der Waals surface area contributed by atoms with Gasteiger partial charge in [-0.05, 0) is 28.3 Å². The van der Waals surface area contributed by atoms with Crippen LogP contribution in [0.1, 0.15) is 19.4 Å². The van der Waals surface area contributed by atoms with Crippen LogP contribution in [0.2, 0.25) is 0 Å². The van der Waals surface area contributed by atoms with Gasteiger partial charge in [-0.15, -0.1) is 0 Å². The first-order valence-corrected chi connectivity index (χ1v) is 6.08. The predicted octanol–water partition coefficient (Wildman–Crippen LogP) is 3.52. The molecule has 0 aliphatic rings. The van der Waals surface area contributed by atoms with E-state index in [1.807, 2.05) is 0 Å². The van der Waals surface area contributed by atoms with Crippen LogP contribution in [0.5, 0.6) is 0 Å². The summed E-state index contributed by atoms with van der Waals surface area (Å²) in [7, 11) is 0. The number of rotatable bonds is 5. The molecule has 17 heavy (non-hydrogen) atoms. The third kappa shape index (κ3) is 3.55. The fourth-order valence-electron chi connectivity index (χ4n) is 1.71. The van der Waals surface area contributed by atoms with Crippen LogP contribution in [0.25, 0.3) is 10.8 Å². The largest absolute Gasteiger partial charge is 0.301 e. The summed E-state index contributed by atoms with van der Waals surface area (Å²) in [5.74, 6) is 0.555. The van der Waals surface area contributed by atoms with Gasteiger partial charge in [0.2, 0.25) is 0 Å². The van der Waals surface area contributed by atoms with E-state index in [2.05, 4.69) is 61.8 Å². The maximum atomic E-state index is 5.36. The Bertz CT molecular complexity index is 479. The van der Waals surface area contributed by atoms with Gasteiger partial charge in [0.25, 0.3) is 0 Å². The van der Waals surface area contributed by atoms with E-state index in [0.717, 1.165) is 13.2 Å². The van der Waals surface area contributed by atoms with Crippen LogP contribution in [0, 0.1) is 5.92 Å². The molecule has 2 heteroatoms. The molecule has 0 heterocycles. The molecule has 0 saturated carbocycles. The number of fused-ring (bicyclic) bond motifs is 1. The van der Waals surface area contributed by atoms with Crippen LogP contribution in [0.4, 0.5) is 0 Å². The second kappa shape index (κ2) is 5.80. The van der Waals surface area contributed by atoms with Crippen molar-refractivity contribution in [2.24, 2.45) is 5.92 Å². The van der Waals surface area contributed by atoms with E-state index in [4.69, 9.17) is 4.84 Å². The molecule has 0 saturated heterocycles. The van der Waals surface area contributed by atoms with Crippen molar-refractivity contribution in [1.82, 2.24) is 5.48 Å². The van der Waals surface area contributed by atoms with Gasteiger partial charge in [-0.1, -0.05) is 50.2 Å². The van der Waals surface area contributed by atoms with Gasteiger partial charge in [0.15, 0.2) is 0 Å². The highest BCUT2D eigenvalue weighted by atomic mass is 16.6. The van der Waals surface area contributed by atoms with E-state index in [9.17, 15) is 0 Å². The summed E-state index contributed by atoms with van der Waals surface area (Å²) in [6.45, 7) is 5.76. The minimum atomic E-state index is 0.555. The molecule has 0 atom stereocenters. The van der Waals surface area contributed by atoms with Crippen molar-refractivity contribution < 1.29 is 4.84 Å². The first kappa shape index (κ1) is 12.1. The molecule has 0 unspecified atom stereocenters. The van der Waals surface area contributed by atoms with Gasteiger partial charge in [0, 0.05) is 6.54 Å². The van der Waals surface area contributed by atoms with Gasteiger partial charge in [0.05, 0.1) is 6.61 Å². The highest BCUT2D eigenvalue weighted by Crippen LogP contribution is 2.15. The highest BCUT2D eigenvalue weighted by molar-refractivity contribution is 5.82. The lowest BCUT2D eigenvalue weighted by Crippen LogP contribution is -2.17. The minimum absolute atomic E-state index is 0.555. The summed E-state index contributed by atoms with van der Waals surface area (Å²) >= 11 is 0. The summed E-state index contributed by atoms with van der Waals surface area (Å²) < 4.78 is 0. The normalized spacial score (nSPS) is 11.2. The van der Waals surface area contributed by atoms with Gasteiger partial charge < -0.3 is 4.84 Å². The summed E-state index contributed by atoms with van der Waals surface area (Å²) in [6.07, 6.45) is 0. The molecule has 1 N–H and O–H groups in total. The molecule has 0 bridgehead atoms. The van der Waals surface area contributed by atoms with Gasteiger partial charge in [-0.2, -0.15) is 5.48 Å². The molecule has 90 valence electrons. The lowest BCUT2D eigenvalue weighted by Gasteiger charge is -2.08. The van der Waals surface area contributed by atoms with Crippen molar-refractivity contribution in [1.29, 1.82) is 0 Å². The Morgan fingerprint density at radius 2 is 1.82 bits per heavy atom. The van der Waals surface area contributed by atoms with Gasteiger partial charge in [0.1, 0.15) is 0 Å². The first-order valence-electron chi connectivity index (χ1n) is 6.08. The maximum Gasteiger partial charge on any atom is 0.0705 e. The number of hydrogen-bond donors (Lipinski definition) is 1. The second-order valence-electron chi connectivity index (χ2n) is 4.71. The van der Waals surface area contributed by atoms with Crippen molar-refractivity contribution in [2.45, 2.75) is 20.4 Å². The van der Waals surface area contributed by atoms with E-state index in [1.165, 1.54) is 16.3 Å². The Hall–Kier alpha value is -1.38. The molecule has 2 aromatic rings. The third-order valence-corrected chi connectivity index (χ3v) is 2.61. The SMILES string of the molecule is CC(C)CONCc1ccc2ccccc2c1. The average molecular weight is 229 g/mol. The monoisotopic (exact) mass is 229 g/mol. The number of hydrogen-bond acceptors (Lipinski definition) is 2. The maximum absolute atomic E-state index is 5.36. The first-order chi connectivity index (χ1) is 8.25. The predicted molar refractivity (Wildman–Crippen MR) is 71.6 cm³/mol. The quantitative estimate of drug-likeness (QED) is 0.625. The smallest absolute Gasteiger partial charge is 0.0705 e. The van der Waals surface area contributed by atoms with E-state index in [0.29, 0.717) is 5.92 Å². The summed E-state index contributed by atoms with van der Waals surface area (Å²) in [5, 5.41) is 2.55. The number of benzene rings is 2. The zero-order valence-corrected chi connectivity index (χ0v) is 10.4. The third-order valence-electron chi connectivity index (χ3n) is 2.61. The molecule has 0 radical (unpaired) electrons. The van der Waals surface area contributed by atoms with Crippen molar-refractivity contribution in [3.8, 4) is 0 Å². The molecule has 0 aliphatic heterocycles. The Morgan fingerprint density at radius 1 is 1.06 bits per heavy atom. The lowest BCUT2D eigenvalue weighted by atomic mass is 10.1. The molecular weight excluding hydrogens is 210 g/mol. The average Bonchev–Trinajstić information content (AvgIpc) is 2.34. The molecule has 2 rings (SSSR count). The van der Waals surface area contributed by atoms with Crippen LogP contribution < -0.4 is 5.48 Å². The Labute approximate surface area is 103 Å². The fourth-order valence-corrected chi connectivity index (χ4v) is 1.71. The van der Waals surface area contributed by atoms with Crippen LogP contribution in [0.3, 0.4) is 0 Å². The van der Waals surface area contributed by atoms with Crippen molar-refractivity contribution in [3.05, 3.63) is 48.0 Å². The lowest BCUT2D eigenvalue weighted by molar-refractivity contribution is 0.0197. The topological polar surface area (TPSA) is 21.3 Å². The van der Waals surface area contributed by atoms with Gasteiger partial charge >= 0.3 is 0 Å². The Kier molecular flexibility index (Phi) is 4.13. The molecule has 2 aromatic carbocycles. The Morgan fingerprint density at radius 3 is 2.59 bits per heavy atom. The second-order valence-corrected chi connectivity index (χ2v) is 4.71. The van der Waals surface area contributed by atoms with Crippen LogP contribution in [-0.4, -0.2) is 6.61 Å². The number of nitrogens with one attached hydrogen (secondary N) is 1. The van der Waals surface area contributed by atoms with Crippen molar-refractivity contribution in [2.75, 3.05) is 6.61 Å². The van der Waals surface area contributed by atoms with Crippen molar-refractivity contribution >= 4 is 10.8 Å². The van der Waals surface area contributed by atoms with Crippen LogP contribution in [0.15, 0.2) is 42.5 Å². The zero-order chi connectivity index (χ0) is 12.1. The molecule has 0 aliphatic carbocycles. The molecule has 2 nitrogen and oxygen atoms in total. The van der Waals surface area contributed by atoms with Gasteiger partial charge in [-0.3, -0.25) is 0 Å². The number of hydroxylamine groups is 1. The summed E-state index contributed by atoms with van der Waals surface area (Å²) in [4.78, 5) is 5.36. The van der Waals surface area contributed by atoms with E-state index >= 15 is 0 Å². The Balaban J connectivity index is 1.95. The van der Waals surface area contributed by atoms with E-state index in [1.54, 1.807) is 0 Å². The highest BCUT2D eigenvalue weighted by Gasteiger charge is 1.97. The zero-order valence-electron chi connectivity index (χ0n) is 10.4. The standard InChI is InChI=1S/C15H19NO/c1-12(2)11-17-16-10-13-7-8-14-5-3-4-6-15(14)9-13/h3-9,12,16H,10-11H2,1-2H3. The molecule has 0 spiro atoms. The van der Waals surface area contributed by atoms with Crippen LogP contribution in [-0.2, 0) is 11.4 Å². The van der Waals surface area contributed by atoms with Crippen LogP contribution >= 0.6 is 0 Å². The van der Waals surface area contributed by atoms with Gasteiger partial charge in [-0.25, -0.2) is 0 Å². The summed E-state index contributed by atoms with van der Waals surface area (Å²) in [5.41, 5.74) is 4.24. The summed E-state index contributed by atoms with van der Waals surface area (Å²) in [6, 6.07) is 14.9. The molecule has 0 aromatic heterocycles. The minimum Gasteiger partial charge on any atom is -0.301 e. The molecular formula is C15H19NO. The van der Waals surface area contributed by atoms with E-state index in [-0.39, 0.29) is 0 Å². The fraction of sp³-hybridized carbons (Fsp3) is 0.333. The molecule has 0 amide bonds. The van der Waals surface area contributed by atoms with E-state index < -0.39 is 0 Å².